The molecule has 0 unspecified atom stereocenters. The maximum atomic E-state index is 12.4. The molecule has 1 aromatic carbocycles. The van der Waals surface area contributed by atoms with Crippen LogP contribution in [0, 0.1) is 0 Å². The molecule has 2 aliphatic heterocycles. The number of carbonyl (C=O) groups excluding carboxylic acids is 2. The van der Waals surface area contributed by atoms with E-state index in [0.717, 1.165) is 31.5 Å². The van der Waals surface area contributed by atoms with Gasteiger partial charge in [0.1, 0.15) is 6.61 Å². The largest absolute Gasteiger partial charge is 0.487 e. The van der Waals surface area contributed by atoms with Gasteiger partial charge in [-0.25, -0.2) is 4.98 Å². The molecule has 4 rings (SSSR count). The van der Waals surface area contributed by atoms with Gasteiger partial charge in [0.25, 0.3) is 5.91 Å². The van der Waals surface area contributed by atoms with Crippen LogP contribution >= 0.6 is 0 Å². The maximum Gasteiger partial charge on any atom is 0.255 e. The number of hydrogen-bond acceptors (Lipinski definition) is 5. The smallest absolute Gasteiger partial charge is 0.255 e. The number of nitrogens with zero attached hydrogens (tertiary/aromatic N) is 2. The molecule has 0 saturated carbocycles. The quantitative estimate of drug-likeness (QED) is 0.834. The number of benzene rings is 1. The molecule has 1 aromatic heterocycles. The summed E-state index contributed by atoms with van der Waals surface area (Å²) in [5.41, 5.74) is 1.77. The SMILES string of the molecule is CNC(C)=O.O=C(c1cnc2c(c1)OC[C@@H](c1ccccc1)N2)N1CCCC1. The van der Waals surface area contributed by atoms with Gasteiger partial charge in [-0.2, -0.15) is 0 Å². The lowest BCUT2D eigenvalue weighted by Gasteiger charge is -2.27. The number of fused-ring (bicyclic) bond motifs is 1. The molecule has 0 bridgehead atoms. The highest BCUT2D eigenvalue weighted by atomic mass is 16.5. The Morgan fingerprint density at radius 1 is 1.21 bits per heavy atom. The summed E-state index contributed by atoms with van der Waals surface area (Å²) in [6.07, 6.45) is 3.81. The molecule has 1 fully saturated rings. The number of amides is 2. The van der Waals surface area contributed by atoms with Crippen molar-refractivity contribution < 1.29 is 14.3 Å². The average Bonchev–Trinajstić information content (AvgIpc) is 3.28. The van der Waals surface area contributed by atoms with Crippen LogP contribution in [0.1, 0.15) is 41.7 Å². The number of hydrogen-bond donors (Lipinski definition) is 2. The summed E-state index contributed by atoms with van der Waals surface area (Å²) in [4.78, 5) is 28.4. The third-order valence-corrected chi connectivity index (χ3v) is 4.76. The van der Waals surface area contributed by atoms with E-state index in [0.29, 0.717) is 23.7 Å². The van der Waals surface area contributed by atoms with E-state index in [4.69, 9.17) is 4.74 Å². The Balaban J connectivity index is 0.000000403. The normalized spacial score (nSPS) is 17.4. The van der Waals surface area contributed by atoms with Crippen molar-refractivity contribution in [2.45, 2.75) is 25.8 Å². The summed E-state index contributed by atoms with van der Waals surface area (Å²) in [7, 11) is 1.60. The van der Waals surface area contributed by atoms with Crippen molar-refractivity contribution in [3.8, 4) is 5.75 Å². The van der Waals surface area contributed by atoms with Gasteiger partial charge in [-0.05, 0) is 24.5 Å². The van der Waals surface area contributed by atoms with Crippen LogP contribution in [0.25, 0.3) is 0 Å². The number of pyridine rings is 1. The average molecular weight is 382 g/mol. The van der Waals surface area contributed by atoms with Crippen molar-refractivity contribution >= 4 is 17.6 Å². The van der Waals surface area contributed by atoms with Crippen molar-refractivity contribution in [1.82, 2.24) is 15.2 Å². The topological polar surface area (TPSA) is 83.6 Å². The number of rotatable bonds is 2. The second kappa shape index (κ2) is 9.21. The minimum Gasteiger partial charge on any atom is -0.487 e. The standard InChI is InChI=1S/C18H19N3O2.C3H7NO/c22-18(21-8-4-5-9-21)14-10-16-17(19-11-14)20-15(12-23-16)13-6-2-1-3-7-13;1-3(5)4-2/h1-3,6-7,10-11,15H,4-5,8-9,12H2,(H,19,20);1-2H3,(H,4,5)/t15-;/m0./s1. The summed E-state index contributed by atoms with van der Waals surface area (Å²) >= 11 is 0. The van der Waals surface area contributed by atoms with Gasteiger partial charge in [-0.1, -0.05) is 30.3 Å². The summed E-state index contributed by atoms with van der Waals surface area (Å²) < 4.78 is 5.85. The molecule has 2 amide bonds. The zero-order valence-electron chi connectivity index (χ0n) is 16.3. The molecule has 148 valence electrons. The molecule has 0 aliphatic carbocycles. The second-order valence-corrected chi connectivity index (χ2v) is 6.79. The van der Waals surface area contributed by atoms with Crippen LogP contribution < -0.4 is 15.4 Å². The van der Waals surface area contributed by atoms with Crippen LogP contribution in [0.2, 0.25) is 0 Å². The van der Waals surface area contributed by atoms with Crippen molar-refractivity contribution in [3.05, 3.63) is 53.7 Å². The van der Waals surface area contributed by atoms with Gasteiger partial charge in [0, 0.05) is 33.3 Å². The van der Waals surface area contributed by atoms with Gasteiger partial charge in [-0.15, -0.1) is 0 Å². The van der Waals surface area contributed by atoms with E-state index in [1.165, 1.54) is 6.92 Å². The first-order valence-corrected chi connectivity index (χ1v) is 9.50. The lowest BCUT2D eigenvalue weighted by molar-refractivity contribution is -0.118. The molecule has 0 spiro atoms. The zero-order valence-corrected chi connectivity index (χ0v) is 16.3. The van der Waals surface area contributed by atoms with E-state index in [-0.39, 0.29) is 17.9 Å². The molecular formula is C21H26N4O3. The van der Waals surface area contributed by atoms with Gasteiger partial charge in [0.05, 0.1) is 11.6 Å². The Morgan fingerprint density at radius 3 is 2.54 bits per heavy atom. The first-order chi connectivity index (χ1) is 13.6. The fraction of sp³-hybridized carbons (Fsp3) is 0.381. The predicted molar refractivity (Wildman–Crippen MR) is 107 cm³/mol. The number of nitrogens with one attached hydrogen (secondary N) is 2. The molecule has 7 heteroatoms. The van der Waals surface area contributed by atoms with Gasteiger partial charge >= 0.3 is 0 Å². The van der Waals surface area contributed by atoms with E-state index in [1.807, 2.05) is 23.1 Å². The molecule has 2 aliphatic rings. The highest BCUT2D eigenvalue weighted by Gasteiger charge is 2.25. The van der Waals surface area contributed by atoms with E-state index >= 15 is 0 Å². The molecule has 28 heavy (non-hydrogen) atoms. The van der Waals surface area contributed by atoms with Crippen molar-refractivity contribution in [2.24, 2.45) is 0 Å². The molecule has 7 nitrogen and oxygen atoms in total. The van der Waals surface area contributed by atoms with E-state index in [1.54, 1.807) is 19.3 Å². The Bertz CT molecular complexity index is 820. The highest BCUT2D eigenvalue weighted by molar-refractivity contribution is 5.95. The molecule has 1 atom stereocenters. The number of aromatic nitrogens is 1. The molecule has 2 aromatic rings. The summed E-state index contributed by atoms with van der Waals surface area (Å²) in [5.74, 6) is 1.40. The molecule has 3 heterocycles. The van der Waals surface area contributed by atoms with Crippen LogP contribution in [0.5, 0.6) is 5.75 Å². The third kappa shape index (κ3) is 4.79. The van der Waals surface area contributed by atoms with E-state index < -0.39 is 0 Å². The lowest BCUT2D eigenvalue weighted by atomic mass is 10.1. The van der Waals surface area contributed by atoms with Gasteiger partial charge in [-0.3, -0.25) is 9.59 Å². The van der Waals surface area contributed by atoms with Crippen LogP contribution in [0.4, 0.5) is 5.82 Å². The van der Waals surface area contributed by atoms with Crippen molar-refractivity contribution in [2.75, 3.05) is 32.1 Å². The Kier molecular flexibility index (Phi) is 6.47. The first-order valence-electron chi connectivity index (χ1n) is 9.50. The summed E-state index contributed by atoms with van der Waals surface area (Å²) in [6, 6.07) is 12.0. The second-order valence-electron chi connectivity index (χ2n) is 6.79. The molecule has 1 saturated heterocycles. The number of anilines is 1. The van der Waals surface area contributed by atoms with Crippen molar-refractivity contribution in [1.29, 1.82) is 0 Å². The Hall–Kier alpha value is -3.09. The number of ether oxygens (including phenoxy) is 1. The Labute approximate surface area is 165 Å². The monoisotopic (exact) mass is 382 g/mol. The van der Waals surface area contributed by atoms with Gasteiger partial charge < -0.3 is 20.3 Å². The van der Waals surface area contributed by atoms with Crippen LogP contribution in [0.3, 0.4) is 0 Å². The van der Waals surface area contributed by atoms with Crippen LogP contribution in [-0.2, 0) is 4.79 Å². The van der Waals surface area contributed by atoms with Crippen LogP contribution in [-0.4, -0.2) is 48.4 Å². The first kappa shape index (κ1) is 19.7. The summed E-state index contributed by atoms with van der Waals surface area (Å²) in [5, 5.41) is 5.78. The molecule has 2 N–H and O–H groups in total. The molecule has 0 radical (unpaired) electrons. The summed E-state index contributed by atoms with van der Waals surface area (Å²) in [6.45, 7) is 3.68. The minimum absolute atomic E-state index is 0.00463. The van der Waals surface area contributed by atoms with Crippen molar-refractivity contribution in [3.63, 3.8) is 0 Å². The fourth-order valence-corrected chi connectivity index (χ4v) is 3.13. The van der Waals surface area contributed by atoms with E-state index in [2.05, 4.69) is 27.8 Å². The highest BCUT2D eigenvalue weighted by Crippen LogP contribution is 2.32. The predicted octanol–water partition coefficient (Wildman–Crippen LogP) is 2.62. The number of carbonyl (C=O) groups is 2. The third-order valence-electron chi connectivity index (χ3n) is 4.76. The van der Waals surface area contributed by atoms with E-state index in [9.17, 15) is 9.59 Å². The molecular weight excluding hydrogens is 356 g/mol. The van der Waals surface area contributed by atoms with Gasteiger partial charge in [0.2, 0.25) is 5.91 Å². The maximum absolute atomic E-state index is 12.4. The van der Waals surface area contributed by atoms with Gasteiger partial charge in [0.15, 0.2) is 11.6 Å². The lowest BCUT2D eigenvalue weighted by Crippen LogP contribution is -2.29. The Morgan fingerprint density at radius 2 is 1.89 bits per heavy atom. The minimum atomic E-state index is 0.00463. The number of likely N-dealkylation sites (tertiary alicyclic amines) is 1. The zero-order chi connectivity index (χ0) is 19.9. The fourth-order valence-electron chi connectivity index (χ4n) is 3.13. The van der Waals surface area contributed by atoms with Crippen LogP contribution in [0.15, 0.2) is 42.6 Å².